The summed E-state index contributed by atoms with van der Waals surface area (Å²) in [4.78, 5) is 22.7. The average Bonchev–Trinajstić information content (AvgIpc) is 2.83. The average molecular weight is 485 g/mol. The molecule has 0 aliphatic carbocycles. The third-order valence-corrected chi connectivity index (χ3v) is 5.76. The number of urea groups is 2. The Hall–Kier alpha value is -1.46. The maximum absolute atomic E-state index is 11.3. The summed E-state index contributed by atoms with van der Waals surface area (Å²) in [6, 6.07) is -0.00557. The van der Waals surface area contributed by atoms with Crippen molar-refractivity contribution in [3.05, 3.63) is 0 Å². The molecule has 6 nitrogen and oxygen atoms in total. The highest BCUT2D eigenvalue weighted by atomic mass is 16.2. The molecule has 0 saturated carbocycles. The van der Waals surface area contributed by atoms with E-state index >= 15 is 0 Å². The first-order valence-corrected chi connectivity index (χ1v) is 14.7. The van der Waals surface area contributed by atoms with E-state index in [0.29, 0.717) is 0 Å². The summed E-state index contributed by atoms with van der Waals surface area (Å²) in [5.74, 6) is 0. The van der Waals surface area contributed by atoms with E-state index in [1.165, 1.54) is 89.9 Å². The van der Waals surface area contributed by atoms with Gasteiger partial charge < -0.3 is 21.3 Å². The van der Waals surface area contributed by atoms with Crippen LogP contribution in [0.25, 0.3) is 0 Å². The van der Waals surface area contributed by atoms with E-state index in [-0.39, 0.29) is 12.1 Å². The van der Waals surface area contributed by atoms with Gasteiger partial charge in [-0.2, -0.15) is 0 Å². The molecule has 0 aromatic carbocycles. The second-order valence-electron chi connectivity index (χ2n) is 9.32. The van der Waals surface area contributed by atoms with Gasteiger partial charge in [0.05, 0.1) is 0 Å². The maximum Gasteiger partial charge on any atom is 0.314 e. The van der Waals surface area contributed by atoms with Crippen LogP contribution in [-0.2, 0) is 0 Å². The molecule has 0 unspecified atom stereocenters. The Balaban J connectivity index is 0. The van der Waals surface area contributed by atoms with E-state index in [2.05, 4.69) is 49.0 Å². The minimum atomic E-state index is -0.00279. The number of unbranched alkanes of at least 4 members (excludes halogenated alkanes) is 14. The molecule has 0 radical (unpaired) electrons. The number of hydrogen-bond donors (Lipinski definition) is 4. The lowest BCUT2D eigenvalue weighted by Gasteiger charge is -2.07. The smallest absolute Gasteiger partial charge is 0.314 e. The van der Waals surface area contributed by atoms with Gasteiger partial charge in [-0.1, -0.05) is 118 Å². The van der Waals surface area contributed by atoms with Crippen LogP contribution >= 0.6 is 0 Å². The highest BCUT2D eigenvalue weighted by Gasteiger charge is 1.99. The highest BCUT2D eigenvalue weighted by Crippen LogP contribution is 2.02. The topological polar surface area (TPSA) is 82.3 Å². The third kappa shape index (κ3) is 32.7. The lowest BCUT2D eigenvalue weighted by molar-refractivity contribution is 0.239. The van der Waals surface area contributed by atoms with Crippen LogP contribution in [0, 0.1) is 0 Å². The molecule has 0 atom stereocenters. The zero-order valence-corrected chi connectivity index (χ0v) is 23.4. The van der Waals surface area contributed by atoms with Gasteiger partial charge in [0, 0.05) is 26.2 Å². The lowest BCUT2D eigenvalue weighted by atomic mass is 10.1. The van der Waals surface area contributed by atoms with Crippen LogP contribution in [-0.4, -0.2) is 38.2 Å². The minimum Gasteiger partial charge on any atom is -0.338 e. The van der Waals surface area contributed by atoms with Gasteiger partial charge in [0.25, 0.3) is 0 Å². The fourth-order valence-corrected chi connectivity index (χ4v) is 3.49. The van der Waals surface area contributed by atoms with Crippen molar-refractivity contribution in [3.8, 4) is 0 Å². The predicted octanol–water partition coefficient (Wildman–Crippen LogP) is 7.67. The van der Waals surface area contributed by atoms with Crippen LogP contribution < -0.4 is 21.3 Å². The van der Waals surface area contributed by atoms with Crippen LogP contribution in [0.2, 0.25) is 0 Å². The molecular weight excluding hydrogens is 424 g/mol. The Morgan fingerprint density at radius 2 is 0.559 bits per heavy atom. The number of hydrogen-bond acceptors (Lipinski definition) is 2. The molecule has 0 aliphatic rings. The molecule has 0 aromatic rings. The summed E-state index contributed by atoms with van der Waals surface area (Å²) in [6.45, 7) is 12.0. The van der Waals surface area contributed by atoms with Crippen molar-refractivity contribution in [3.63, 3.8) is 0 Å². The quantitative estimate of drug-likeness (QED) is 0.119. The summed E-state index contributed by atoms with van der Waals surface area (Å²) < 4.78 is 0. The summed E-state index contributed by atoms with van der Waals surface area (Å²) in [6.07, 6.45) is 22.0. The Kier molecular flexibility index (Phi) is 32.2. The van der Waals surface area contributed by atoms with Gasteiger partial charge in [0.2, 0.25) is 0 Å². The molecule has 0 bridgehead atoms. The van der Waals surface area contributed by atoms with E-state index in [9.17, 15) is 9.59 Å². The van der Waals surface area contributed by atoms with Gasteiger partial charge in [-0.3, -0.25) is 0 Å². The van der Waals surface area contributed by atoms with Crippen molar-refractivity contribution in [1.29, 1.82) is 0 Å². The first kappa shape index (κ1) is 34.7. The van der Waals surface area contributed by atoms with Crippen molar-refractivity contribution >= 4 is 12.1 Å². The molecule has 34 heavy (non-hydrogen) atoms. The van der Waals surface area contributed by atoms with Crippen molar-refractivity contribution in [2.24, 2.45) is 0 Å². The van der Waals surface area contributed by atoms with Crippen LogP contribution in [0.1, 0.15) is 143 Å². The number of amides is 4. The maximum atomic E-state index is 11.3. The lowest BCUT2D eigenvalue weighted by Crippen LogP contribution is -2.36. The van der Waals surface area contributed by atoms with Gasteiger partial charge in [-0.25, -0.2) is 9.59 Å². The van der Waals surface area contributed by atoms with E-state index in [1.54, 1.807) is 0 Å². The molecule has 0 heterocycles. The number of nitrogens with one attached hydrogen (secondary N) is 4. The number of rotatable bonds is 22. The van der Waals surface area contributed by atoms with Crippen molar-refractivity contribution in [2.45, 2.75) is 143 Å². The Morgan fingerprint density at radius 1 is 0.353 bits per heavy atom. The zero-order valence-electron chi connectivity index (χ0n) is 23.4. The first-order chi connectivity index (χ1) is 16.6. The summed E-state index contributed by atoms with van der Waals surface area (Å²) in [7, 11) is 0. The molecule has 0 fully saturated rings. The fraction of sp³-hybridized carbons (Fsp3) is 0.929. The second kappa shape index (κ2) is 31.5. The summed E-state index contributed by atoms with van der Waals surface area (Å²) in [5, 5.41) is 11.6. The van der Waals surface area contributed by atoms with Crippen molar-refractivity contribution < 1.29 is 9.59 Å². The van der Waals surface area contributed by atoms with Gasteiger partial charge in [-0.05, 0) is 25.7 Å². The highest BCUT2D eigenvalue weighted by molar-refractivity contribution is 5.74. The minimum absolute atomic E-state index is 0.00279. The standard InChI is InChI=1S/2C14H30N2O/c2*1-3-5-7-9-11-13-16-14(17)15-12-10-8-6-4-2/h2*3-13H2,1-2H3,(H2,15,16,17). The summed E-state index contributed by atoms with van der Waals surface area (Å²) >= 11 is 0. The molecule has 6 heteroatoms. The van der Waals surface area contributed by atoms with Gasteiger partial charge in [0.15, 0.2) is 0 Å². The predicted molar refractivity (Wildman–Crippen MR) is 149 cm³/mol. The van der Waals surface area contributed by atoms with Gasteiger partial charge in [-0.15, -0.1) is 0 Å². The molecule has 0 spiro atoms. The molecule has 0 aromatic heterocycles. The number of carbonyl (C=O) groups excluding carboxylic acids is 2. The largest absolute Gasteiger partial charge is 0.338 e. The van der Waals surface area contributed by atoms with E-state index in [4.69, 9.17) is 0 Å². The Labute approximate surface area is 212 Å². The van der Waals surface area contributed by atoms with E-state index in [1.807, 2.05) is 0 Å². The zero-order chi connectivity index (χ0) is 25.5. The van der Waals surface area contributed by atoms with Crippen LogP contribution in [0.4, 0.5) is 9.59 Å². The molecule has 0 saturated heterocycles. The van der Waals surface area contributed by atoms with Crippen molar-refractivity contribution in [2.75, 3.05) is 26.2 Å². The third-order valence-electron chi connectivity index (χ3n) is 5.76. The van der Waals surface area contributed by atoms with E-state index < -0.39 is 0 Å². The monoisotopic (exact) mass is 484 g/mol. The molecule has 204 valence electrons. The van der Waals surface area contributed by atoms with Crippen LogP contribution in [0.3, 0.4) is 0 Å². The number of carbonyl (C=O) groups is 2. The Morgan fingerprint density at radius 3 is 0.794 bits per heavy atom. The molecule has 0 rings (SSSR count). The Bertz CT molecular complexity index is 381. The molecule has 4 amide bonds. The SMILES string of the molecule is CCCCCCCNC(=O)NCCCCCC.CCCCCCCNC(=O)NCCCCCC. The van der Waals surface area contributed by atoms with E-state index in [0.717, 1.165) is 51.9 Å². The first-order valence-electron chi connectivity index (χ1n) is 14.7. The van der Waals surface area contributed by atoms with Crippen LogP contribution in [0.5, 0.6) is 0 Å². The second-order valence-corrected chi connectivity index (χ2v) is 9.32. The van der Waals surface area contributed by atoms with Crippen LogP contribution in [0.15, 0.2) is 0 Å². The van der Waals surface area contributed by atoms with Gasteiger partial charge >= 0.3 is 12.1 Å². The molecule has 4 N–H and O–H groups in total. The van der Waals surface area contributed by atoms with Crippen molar-refractivity contribution in [1.82, 2.24) is 21.3 Å². The molecular formula is C28H60N4O2. The fourth-order valence-electron chi connectivity index (χ4n) is 3.49. The normalized spacial score (nSPS) is 10.2. The van der Waals surface area contributed by atoms with Gasteiger partial charge in [0.1, 0.15) is 0 Å². The molecule has 0 aliphatic heterocycles. The summed E-state index contributed by atoms with van der Waals surface area (Å²) in [5.41, 5.74) is 0.